The van der Waals surface area contributed by atoms with Crippen LogP contribution in [-0.2, 0) is 11.4 Å². The zero-order valence-electron chi connectivity index (χ0n) is 17.8. The van der Waals surface area contributed by atoms with Gasteiger partial charge in [0, 0.05) is 11.5 Å². The normalized spacial score (nSPS) is 13.8. The lowest BCUT2D eigenvalue weighted by molar-refractivity contribution is -0.123. The summed E-state index contributed by atoms with van der Waals surface area (Å²) in [6.45, 7) is 0.166. The van der Waals surface area contributed by atoms with Gasteiger partial charge in [-0.25, -0.2) is 9.82 Å². The molecule has 8 heteroatoms. The molecule has 0 aliphatic carbocycles. The Morgan fingerprint density at radius 3 is 2.42 bits per heavy atom. The SMILES string of the molecule is O=C(COc1ccc(C2SCCS2)cc1)N/N=C\c1ccc(OCc2cccc(F)c2)cc1. The fourth-order valence-electron chi connectivity index (χ4n) is 3.08. The Morgan fingerprint density at radius 1 is 1.00 bits per heavy atom. The first-order valence-electron chi connectivity index (χ1n) is 10.4. The van der Waals surface area contributed by atoms with Gasteiger partial charge in [-0.2, -0.15) is 5.10 Å². The molecule has 1 aliphatic heterocycles. The first kappa shape index (κ1) is 23.2. The van der Waals surface area contributed by atoms with E-state index in [0.717, 1.165) is 11.1 Å². The number of ether oxygens (including phenoxy) is 2. The van der Waals surface area contributed by atoms with Crippen LogP contribution >= 0.6 is 23.5 Å². The van der Waals surface area contributed by atoms with E-state index in [9.17, 15) is 9.18 Å². The summed E-state index contributed by atoms with van der Waals surface area (Å²) in [5.41, 5.74) is 5.29. The zero-order chi connectivity index (χ0) is 22.9. The number of halogens is 1. The molecule has 1 fully saturated rings. The average molecular weight is 483 g/mol. The van der Waals surface area contributed by atoms with Crippen molar-refractivity contribution in [3.63, 3.8) is 0 Å². The molecule has 33 heavy (non-hydrogen) atoms. The number of nitrogens with one attached hydrogen (secondary N) is 1. The van der Waals surface area contributed by atoms with Gasteiger partial charge in [0.25, 0.3) is 5.91 Å². The van der Waals surface area contributed by atoms with E-state index in [1.54, 1.807) is 30.5 Å². The maximum absolute atomic E-state index is 13.2. The molecule has 0 radical (unpaired) electrons. The molecule has 4 rings (SSSR count). The molecule has 3 aromatic carbocycles. The molecule has 0 unspecified atom stereocenters. The average Bonchev–Trinajstić information content (AvgIpc) is 3.38. The Balaban J connectivity index is 1.18. The van der Waals surface area contributed by atoms with Crippen LogP contribution in [0.5, 0.6) is 11.5 Å². The van der Waals surface area contributed by atoms with E-state index in [1.165, 1.54) is 29.2 Å². The molecule has 1 N–H and O–H groups in total. The summed E-state index contributed by atoms with van der Waals surface area (Å²) in [6, 6.07) is 21.4. The van der Waals surface area contributed by atoms with Crippen molar-refractivity contribution in [3.05, 3.63) is 95.3 Å². The quantitative estimate of drug-likeness (QED) is 0.326. The largest absolute Gasteiger partial charge is 0.489 e. The minimum absolute atomic E-state index is 0.115. The minimum Gasteiger partial charge on any atom is -0.489 e. The lowest BCUT2D eigenvalue weighted by Crippen LogP contribution is -2.24. The lowest BCUT2D eigenvalue weighted by atomic mass is 10.2. The molecular weight excluding hydrogens is 459 g/mol. The van der Waals surface area contributed by atoms with Crippen LogP contribution in [0.1, 0.15) is 21.3 Å². The van der Waals surface area contributed by atoms with Gasteiger partial charge in [-0.05, 0) is 65.2 Å². The smallest absolute Gasteiger partial charge is 0.277 e. The Kier molecular flexibility index (Phi) is 8.27. The number of hydrogen-bond donors (Lipinski definition) is 1. The monoisotopic (exact) mass is 482 g/mol. The fourth-order valence-corrected chi connectivity index (χ4v) is 5.93. The van der Waals surface area contributed by atoms with Crippen molar-refractivity contribution in [3.8, 4) is 11.5 Å². The van der Waals surface area contributed by atoms with Crippen LogP contribution < -0.4 is 14.9 Å². The molecule has 0 atom stereocenters. The second-order valence-electron chi connectivity index (χ2n) is 7.21. The van der Waals surface area contributed by atoms with E-state index >= 15 is 0 Å². The Bertz CT molecular complexity index is 1090. The van der Waals surface area contributed by atoms with Crippen molar-refractivity contribution in [2.24, 2.45) is 5.10 Å². The summed E-state index contributed by atoms with van der Waals surface area (Å²) in [4.78, 5) is 12.0. The highest BCUT2D eigenvalue weighted by molar-refractivity contribution is 8.19. The number of hydrazone groups is 1. The maximum atomic E-state index is 13.2. The van der Waals surface area contributed by atoms with E-state index in [4.69, 9.17) is 9.47 Å². The highest BCUT2D eigenvalue weighted by Gasteiger charge is 2.17. The predicted octanol–water partition coefficient (Wildman–Crippen LogP) is 5.41. The lowest BCUT2D eigenvalue weighted by Gasteiger charge is -2.10. The molecule has 0 aromatic heterocycles. The van der Waals surface area contributed by atoms with E-state index in [1.807, 2.05) is 59.9 Å². The van der Waals surface area contributed by atoms with Crippen LogP contribution in [0.4, 0.5) is 4.39 Å². The number of thioether (sulfide) groups is 2. The molecule has 1 amide bonds. The summed E-state index contributed by atoms with van der Waals surface area (Å²) >= 11 is 3.90. The third-order valence-corrected chi connectivity index (χ3v) is 7.83. The van der Waals surface area contributed by atoms with Crippen LogP contribution in [0.2, 0.25) is 0 Å². The minimum atomic E-state index is -0.340. The van der Waals surface area contributed by atoms with Gasteiger partial charge in [-0.1, -0.05) is 24.3 Å². The van der Waals surface area contributed by atoms with Crippen molar-refractivity contribution >= 4 is 35.6 Å². The second-order valence-corrected chi connectivity index (χ2v) is 9.94. The van der Waals surface area contributed by atoms with E-state index in [0.29, 0.717) is 16.1 Å². The van der Waals surface area contributed by atoms with Crippen molar-refractivity contribution in [1.29, 1.82) is 0 Å². The Labute approximate surface area is 200 Å². The van der Waals surface area contributed by atoms with Crippen molar-refractivity contribution in [2.75, 3.05) is 18.1 Å². The molecule has 5 nitrogen and oxygen atoms in total. The van der Waals surface area contributed by atoms with Gasteiger partial charge in [0.2, 0.25) is 0 Å². The number of rotatable bonds is 9. The van der Waals surface area contributed by atoms with Crippen LogP contribution in [0.25, 0.3) is 0 Å². The summed E-state index contributed by atoms with van der Waals surface area (Å²) in [7, 11) is 0. The third kappa shape index (κ3) is 7.27. The Morgan fingerprint density at radius 2 is 1.70 bits per heavy atom. The highest BCUT2D eigenvalue weighted by atomic mass is 32.2. The molecule has 1 heterocycles. The zero-order valence-corrected chi connectivity index (χ0v) is 19.4. The van der Waals surface area contributed by atoms with Gasteiger partial charge in [0.1, 0.15) is 23.9 Å². The number of carbonyl (C=O) groups is 1. The molecule has 1 saturated heterocycles. The van der Waals surface area contributed by atoms with Crippen molar-refractivity contribution < 1.29 is 18.7 Å². The molecule has 0 saturated carbocycles. The first-order valence-corrected chi connectivity index (χ1v) is 12.5. The molecule has 3 aromatic rings. The topological polar surface area (TPSA) is 59.9 Å². The first-order chi connectivity index (χ1) is 16.2. The van der Waals surface area contributed by atoms with Gasteiger partial charge < -0.3 is 9.47 Å². The number of hydrogen-bond acceptors (Lipinski definition) is 6. The standard InChI is InChI=1S/C25H23FN2O3S2/c26-21-3-1-2-19(14-21)16-30-22-8-4-18(5-9-22)15-27-28-24(29)17-31-23-10-6-20(7-11-23)25-32-12-13-33-25/h1-11,14-15,25H,12-13,16-17H2,(H,28,29)/b27-15-. The molecule has 0 spiro atoms. The van der Waals surface area contributed by atoms with Gasteiger partial charge in [0.15, 0.2) is 6.61 Å². The van der Waals surface area contributed by atoms with E-state index in [-0.39, 0.29) is 24.9 Å². The fraction of sp³-hybridized carbons (Fsp3) is 0.200. The third-order valence-electron chi connectivity index (χ3n) is 4.72. The number of nitrogens with zero attached hydrogens (tertiary/aromatic N) is 1. The predicted molar refractivity (Wildman–Crippen MR) is 133 cm³/mol. The Hall–Kier alpha value is -2.97. The van der Waals surface area contributed by atoms with Gasteiger partial charge in [-0.15, -0.1) is 23.5 Å². The van der Waals surface area contributed by atoms with Crippen molar-refractivity contribution in [2.45, 2.75) is 11.2 Å². The number of carbonyl (C=O) groups excluding carboxylic acids is 1. The van der Waals surface area contributed by atoms with Crippen molar-refractivity contribution in [1.82, 2.24) is 5.43 Å². The molecule has 170 valence electrons. The van der Waals surface area contributed by atoms with Crippen LogP contribution in [-0.4, -0.2) is 30.2 Å². The highest BCUT2D eigenvalue weighted by Crippen LogP contribution is 2.45. The molecule has 0 bridgehead atoms. The molecular formula is C25H23FN2O3S2. The van der Waals surface area contributed by atoms with Crippen LogP contribution in [0.3, 0.4) is 0 Å². The van der Waals surface area contributed by atoms with E-state index < -0.39 is 0 Å². The number of amides is 1. The maximum Gasteiger partial charge on any atom is 0.277 e. The summed E-state index contributed by atoms with van der Waals surface area (Å²) < 4.78 is 24.9. The van der Waals surface area contributed by atoms with E-state index in [2.05, 4.69) is 10.5 Å². The summed E-state index contributed by atoms with van der Waals surface area (Å²) in [5, 5.41) is 3.96. The summed E-state index contributed by atoms with van der Waals surface area (Å²) in [6.07, 6.45) is 1.54. The summed E-state index contributed by atoms with van der Waals surface area (Å²) in [5.74, 6) is 3.05. The number of benzene rings is 3. The van der Waals surface area contributed by atoms with Gasteiger partial charge >= 0.3 is 0 Å². The molecule has 1 aliphatic rings. The van der Waals surface area contributed by atoms with Crippen LogP contribution in [0, 0.1) is 5.82 Å². The van der Waals surface area contributed by atoms with Gasteiger partial charge in [-0.3, -0.25) is 4.79 Å². The van der Waals surface area contributed by atoms with Crippen LogP contribution in [0.15, 0.2) is 77.9 Å². The second kappa shape index (κ2) is 11.8. The van der Waals surface area contributed by atoms with Gasteiger partial charge in [0.05, 0.1) is 10.8 Å².